The Bertz CT molecular complexity index is 316. The SMILES string of the molecule is CCCC1CCC(=O)c2ccnn21. The molecule has 2 heterocycles. The zero-order valence-corrected chi connectivity index (χ0v) is 7.86. The summed E-state index contributed by atoms with van der Waals surface area (Å²) in [5, 5.41) is 4.20. The summed E-state index contributed by atoms with van der Waals surface area (Å²) in [6.45, 7) is 2.17. The highest BCUT2D eigenvalue weighted by Crippen LogP contribution is 2.26. The van der Waals surface area contributed by atoms with Crippen LogP contribution < -0.4 is 0 Å². The van der Waals surface area contributed by atoms with Crippen LogP contribution in [0, 0.1) is 0 Å². The van der Waals surface area contributed by atoms with E-state index in [1.54, 1.807) is 6.20 Å². The van der Waals surface area contributed by atoms with E-state index in [0.29, 0.717) is 12.5 Å². The molecular formula is C10H14N2O. The van der Waals surface area contributed by atoms with Crippen molar-refractivity contribution in [2.45, 2.75) is 38.6 Å². The van der Waals surface area contributed by atoms with Crippen LogP contribution in [0.25, 0.3) is 0 Å². The fourth-order valence-electron chi connectivity index (χ4n) is 1.97. The van der Waals surface area contributed by atoms with Gasteiger partial charge in [0.2, 0.25) is 0 Å². The van der Waals surface area contributed by atoms with E-state index in [1.165, 1.54) is 0 Å². The normalized spacial score (nSPS) is 21.6. The van der Waals surface area contributed by atoms with Crippen molar-refractivity contribution in [2.24, 2.45) is 0 Å². The number of hydrogen-bond acceptors (Lipinski definition) is 2. The molecule has 0 spiro atoms. The second kappa shape index (κ2) is 3.32. The lowest BCUT2D eigenvalue weighted by Crippen LogP contribution is -2.22. The number of nitrogens with zero attached hydrogens (tertiary/aromatic N) is 2. The van der Waals surface area contributed by atoms with E-state index in [1.807, 2.05) is 10.7 Å². The third-order valence-electron chi connectivity index (χ3n) is 2.63. The topological polar surface area (TPSA) is 34.9 Å². The van der Waals surface area contributed by atoms with Crippen molar-refractivity contribution in [2.75, 3.05) is 0 Å². The van der Waals surface area contributed by atoms with E-state index in [-0.39, 0.29) is 5.78 Å². The maximum Gasteiger partial charge on any atom is 0.180 e. The van der Waals surface area contributed by atoms with Gasteiger partial charge in [0.15, 0.2) is 5.78 Å². The molecule has 1 atom stereocenters. The Balaban J connectivity index is 2.30. The van der Waals surface area contributed by atoms with Crippen molar-refractivity contribution < 1.29 is 4.79 Å². The van der Waals surface area contributed by atoms with E-state index < -0.39 is 0 Å². The molecule has 0 fully saturated rings. The van der Waals surface area contributed by atoms with Crippen molar-refractivity contribution in [1.29, 1.82) is 0 Å². The highest BCUT2D eigenvalue weighted by molar-refractivity contribution is 5.95. The van der Waals surface area contributed by atoms with Crippen LogP contribution >= 0.6 is 0 Å². The highest BCUT2D eigenvalue weighted by atomic mass is 16.1. The summed E-state index contributed by atoms with van der Waals surface area (Å²) in [6.07, 6.45) is 5.65. The molecule has 3 heteroatoms. The zero-order chi connectivity index (χ0) is 9.26. The van der Waals surface area contributed by atoms with Crippen LogP contribution in [0.5, 0.6) is 0 Å². The van der Waals surface area contributed by atoms with Crippen LogP contribution in [0.3, 0.4) is 0 Å². The predicted molar refractivity (Wildman–Crippen MR) is 49.7 cm³/mol. The van der Waals surface area contributed by atoms with Crippen molar-refractivity contribution in [3.8, 4) is 0 Å². The molecule has 1 aromatic rings. The molecule has 0 amide bonds. The van der Waals surface area contributed by atoms with E-state index >= 15 is 0 Å². The molecule has 13 heavy (non-hydrogen) atoms. The molecule has 1 aromatic heterocycles. The van der Waals surface area contributed by atoms with Crippen LogP contribution in [-0.4, -0.2) is 15.6 Å². The molecule has 0 N–H and O–H groups in total. The molecular weight excluding hydrogens is 164 g/mol. The van der Waals surface area contributed by atoms with Crippen molar-refractivity contribution in [3.05, 3.63) is 18.0 Å². The first kappa shape index (κ1) is 8.48. The Morgan fingerprint density at radius 1 is 1.69 bits per heavy atom. The summed E-state index contributed by atoms with van der Waals surface area (Å²) in [5.74, 6) is 0.241. The van der Waals surface area contributed by atoms with Gasteiger partial charge >= 0.3 is 0 Å². The van der Waals surface area contributed by atoms with Gasteiger partial charge in [-0.1, -0.05) is 13.3 Å². The standard InChI is InChI=1S/C10H14N2O/c1-2-3-8-4-5-10(13)9-6-7-11-12(8)9/h6-8H,2-5H2,1H3. The fourth-order valence-corrected chi connectivity index (χ4v) is 1.97. The Kier molecular flexibility index (Phi) is 2.17. The quantitative estimate of drug-likeness (QED) is 0.695. The molecule has 0 aliphatic carbocycles. The van der Waals surface area contributed by atoms with E-state index in [9.17, 15) is 4.79 Å². The highest BCUT2D eigenvalue weighted by Gasteiger charge is 2.24. The summed E-state index contributed by atoms with van der Waals surface area (Å²) in [5.41, 5.74) is 0.796. The Morgan fingerprint density at radius 2 is 2.54 bits per heavy atom. The maximum absolute atomic E-state index is 11.4. The minimum atomic E-state index is 0.241. The van der Waals surface area contributed by atoms with Crippen LogP contribution in [0.15, 0.2) is 12.3 Å². The summed E-state index contributed by atoms with van der Waals surface area (Å²) >= 11 is 0. The van der Waals surface area contributed by atoms with E-state index in [0.717, 1.165) is 25.0 Å². The fraction of sp³-hybridized carbons (Fsp3) is 0.600. The van der Waals surface area contributed by atoms with Gasteiger partial charge in [0, 0.05) is 12.6 Å². The van der Waals surface area contributed by atoms with Gasteiger partial charge in [-0.25, -0.2) is 0 Å². The largest absolute Gasteiger partial charge is 0.292 e. The Labute approximate surface area is 77.7 Å². The summed E-state index contributed by atoms with van der Waals surface area (Å²) in [6, 6.07) is 2.28. The molecule has 1 aliphatic heterocycles. The smallest absolute Gasteiger partial charge is 0.180 e. The second-order valence-electron chi connectivity index (χ2n) is 3.57. The van der Waals surface area contributed by atoms with Crippen molar-refractivity contribution in [1.82, 2.24) is 9.78 Å². The predicted octanol–water partition coefficient (Wildman–Crippen LogP) is 2.20. The number of fused-ring (bicyclic) bond motifs is 1. The minimum Gasteiger partial charge on any atom is -0.292 e. The Hall–Kier alpha value is -1.12. The second-order valence-corrected chi connectivity index (χ2v) is 3.57. The average Bonchev–Trinajstić information content (AvgIpc) is 2.59. The minimum absolute atomic E-state index is 0.241. The maximum atomic E-state index is 11.4. The van der Waals surface area contributed by atoms with Gasteiger partial charge in [0.05, 0.1) is 6.04 Å². The zero-order valence-electron chi connectivity index (χ0n) is 7.86. The average molecular weight is 178 g/mol. The first-order valence-electron chi connectivity index (χ1n) is 4.89. The first-order chi connectivity index (χ1) is 6.33. The number of aromatic nitrogens is 2. The molecule has 3 nitrogen and oxygen atoms in total. The number of rotatable bonds is 2. The van der Waals surface area contributed by atoms with Crippen molar-refractivity contribution in [3.63, 3.8) is 0 Å². The van der Waals surface area contributed by atoms with Crippen LogP contribution in [0.1, 0.15) is 49.1 Å². The number of ketones is 1. The lowest BCUT2D eigenvalue weighted by Gasteiger charge is -2.23. The first-order valence-corrected chi connectivity index (χ1v) is 4.89. The number of carbonyl (C=O) groups excluding carboxylic acids is 1. The van der Waals surface area contributed by atoms with Gasteiger partial charge in [-0.2, -0.15) is 5.10 Å². The number of carbonyl (C=O) groups is 1. The lowest BCUT2D eigenvalue weighted by atomic mass is 9.99. The van der Waals surface area contributed by atoms with Crippen LogP contribution in [-0.2, 0) is 0 Å². The third-order valence-corrected chi connectivity index (χ3v) is 2.63. The van der Waals surface area contributed by atoms with Crippen LogP contribution in [0.2, 0.25) is 0 Å². The van der Waals surface area contributed by atoms with Gasteiger partial charge in [-0.15, -0.1) is 0 Å². The third kappa shape index (κ3) is 1.39. The van der Waals surface area contributed by atoms with Crippen molar-refractivity contribution >= 4 is 5.78 Å². The van der Waals surface area contributed by atoms with Gasteiger partial charge in [0.25, 0.3) is 0 Å². The molecule has 0 bridgehead atoms. The van der Waals surface area contributed by atoms with E-state index in [2.05, 4.69) is 12.0 Å². The molecule has 0 radical (unpaired) electrons. The number of hydrogen-bond donors (Lipinski definition) is 0. The molecule has 70 valence electrons. The molecule has 1 unspecified atom stereocenters. The summed E-state index contributed by atoms with van der Waals surface area (Å²) < 4.78 is 1.90. The van der Waals surface area contributed by atoms with Gasteiger partial charge < -0.3 is 0 Å². The molecule has 0 saturated carbocycles. The summed E-state index contributed by atoms with van der Waals surface area (Å²) in [7, 11) is 0. The molecule has 1 aliphatic rings. The monoisotopic (exact) mass is 178 g/mol. The molecule has 2 rings (SSSR count). The van der Waals surface area contributed by atoms with Gasteiger partial charge in [0.1, 0.15) is 5.69 Å². The van der Waals surface area contributed by atoms with Crippen LogP contribution in [0.4, 0.5) is 0 Å². The lowest BCUT2D eigenvalue weighted by molar-refractivity contribution is 0.0934. The summed E-state index contributed by atoms with van der Waals surface area (Å²) in [4.78, 5) is 11.4. The van der Waals surface area contributed by atoms with E-state index in [4.69, 9.17) is 0 Å². The number of Topliss-reactive ketones (excluding diaryl/α,β-unsaturated/α-hetero) is 1. The molecule has 0 aromatic carbocycles. The van der Waals surface area contributed by atoms with Gasteiger partial charge in [-0.3, -0.25) is 9.48 Å². The Morgan fingerprint density at radius 3 is 3.31 bits per heavy atom. The molecule has 0 saturated heterocycles. The van der Waals surface area contributed by atoms with Gasteiger partial charge in [-0.05, 0) is 18.9 Å².